The van der Waals surface area contributed by atoms with Crippen LogP contribution in [-0.4, -0.2) is 19.3 Å². The van der Waals surface area contributed by atoms with Crippen LogP contribution in [0.25, 0.3) is 0 Å². The molecule has 0 aromatic heterocycles. The first-order valence-corrected chi connectivity index (χ1v) is 6.37. The summed E-state index contributed by atoms with van der Waals surface area (Å²) in [5.74, 6) is 0. The molecule has 0 spiro atoms. The van der Waals surface area contributed by atoms with Gasteiger partial charge in [-0.25, -0.2) is 0 Å². The van der Waals surface area contributed by atoms with Crippen LogP contribution in [0.15, 0.2) is 18.2 Å². The van der Waals surface area contributed by atoms with Crippen molar-refractivity contribution in [2.45, 2.75) is 52.2 Å². The van der Waals surface area contributed by atoms with Crippen LogP contribution in [0.1, 0.15) is 36.5 Å². The van der Waals surface area contributed by atoms with Gasteiger partial charge in [-0.3, -0.25) is 0 Å². The molecular formula is C15H25NO. The lowest BCUT2D eigenvalue weighted by Crippen LogP contribution is -2.25. The van der Waals surface area contributed by atoms with Crippen LogP contribution in [0, 0.1) is 13.8 Å². The Bertz CT molecular complexity index is 349. The number of benzene rings is 1. The van der Waals surface area contributed by atoms with Gasteiger partial charge in [-0.1, -0.05) is 23.8 Å². The van der Waals surface area contributed by atoms with Gasteiger partial charge in [0.25, 0.3) is 0 Å². The molecule has 1 rings (SSSR count). The summed E-state index contributed by atoms with van der Waals surface area (Å²) in [6.07, 6.45) is 3.31. The SMILES string of the molecule is COC(C)CCC(N)Cc1cc(C)ccc1C. The topological polar surface area (TPSA) is 35.2 Å². The van der Waals surface area contributed by atoms with Gasteiger partial charge in [0.2, 0.25) is 0 Å². The first-order valence-electron chi connectivity index (χ1n) is 6.37. The minimum atomic E-state index is 0.230. The Labute approximate surface area is 105 Å². The predicted octanol–water partition coefficient (Wildman–Crippen LogP) is 2.99. The summed E-state index contributed by atoms with van der Waals surface area (Å²) in [5, 5.41) is 0. The van der Waals surface area contributed by atoms with E-state index in [1.165, 1.54) is 16.7 Å². The molecule has 1 aromatic rings. The van der Waals surface area contributed by atoms with Crippen molar-refractivity contribution < 1.29 is 4.74 Å². The lowest BCUT2D eigenvalue weighted by atomic mass is 9.96. The van der Waals surface area contributed by atoms with Crippen molar-refractivity contribution >= 4 is 0 Å². The second kappa shape index (κ2) is 6.77. The van der Waals surface area contributed by atoms with E-state index >= 15 is 0 Å². The van der Waals surface area contributed by atoms with Crippen molar-refractivity contribution in [2.24, 2.45) is 5.73 Å². The second-order valence-electron chi connectivity index (χ2n) is 5.02. The van der Waals surface area contributed by atoms with Crippen molar-refractivity contribution in [1.29, 1.82) is 0 Å². The third kappa shape index (κ3) is 4.88. The van der Waals surface area contributed by atoms with Crippen molar-refractivity contribution in [2.75, 3.05) is 7.11 Å². The zero-order valence-electron chi connectivity index (χ0n) is 11.5. The molecule has 2 N–H and O–H groups in total. The van der Waals surface area contributed by atoms with Crippen molar-refractivity contribution in [3.05, 3.63) is 34.9 Å². The van der Waals surface area contributed by atoms with E-state index < -0.39 is 0 Å². The first kappa shape index (κ1) is 14.2. The molecule has 0 aliphatic carbocycles. The number of methoxy groups -OCH3 is 1. The highest BCUT2D eigenvalue weighted by atomic mass is 16.5. The molecule has 0 fully saturated rings. The Morgan fingerprint density at radius 2 is 1.94 bits per heavy atom. The first-order chi connectivity index (χ1) is 8.02. The molecule has 0 radical (unpaired) electrons. The maximum atomic E-state index is 6.17. The Balaban J connectivity index is 2.50. The van der Waals surface area contributed by atoms with Gasteiger partial charge in [0.1, 0.15) is 0 Å². The standard InChI is InChI=1S/C15H25NO/c1-11-5-6-12(2)14(9-11)10-15(16)8-7-13(3)17-4/h5-6,9,13,15H,7-8,10,16H2,1-4H3. The zero-order chi connectivity index (χ0) is 12.8. The van der Waals surface area contributed by atoms with Gasteiger partial charge < -0.3 is 10.5 Å². The molecule has 0 saturated carbocycles. The molecule has 0 aliphatic rings. The third-order valence-electron chi connectivity index (χ3n) is 3.33. The van der Waals surface area contributed by atoms with Gasteiger partial charge in [0.15, 0.2) is 0 Å². The lowest BCUT2D eigenvalue weighted by molar-refractivity contribution is 0.107. The maximum Gasteiger partial charge on any atom is 0.0543 e. The monoisotopic (exact) mass is 235 g/mol. The second-order valence-corrected chi connectivity index (χ2v) is 5.02. The molecule has 1 aromatic carbocycles. The van der Waals surface area contributed by atoms with E-state index in [4.69, 9.17) is 10.5 Å². The summed E-state index contributed by atoms with van der Waals surface area (Å²) in [4.78, 5) is 0. The van der Waals surface area contributed by atoms with Gasteiger partial charge >= 0.3 is 0 Å². The van der Waals surface area contributed by atoms with Gasteiger partial charge in [-0.15, -0.1) is 0 Å². The van der Waals surface area contributed by atoms with Crippen LogP contribution >= 0.6 is 0 Å². The van der Waals surface area contributed by atoms with Crippen LogP contribution in [-0.2, 0) is 11.2 Å². The van der Waals surface area contributed by atoms with Crippen LogP contribution in [0.4, 0.5) is 0 Å². The van der Waals surface area contributed by atoms with Crippen molar-refractivity contribution in [1.82, 2.24) is 0 Å². The van der Waals surface area contributed by atoms with E-state index in [1.807, 2.05) is 0 Å². The van der Waals surface area contributed by atoms with E-state index in [0.717, 1.165) is 19.3 Å². The molecule has 2 atom stereocenters. The fourth-order valence-electron chi connectivity index (χ4n) is 1.97. The van der Waals surface area contributed by atoms with Crippen LogP contribution in [0.3, 0.4) is 0 Å². The fraction of sp³-hybridized carbons (Fsp3) is 0.600. The summed E-state index contributed by atoms with van der Waals surface area (Å²) < 4.78 is 5.24. The van der Waals surface area contributed by atoms with Crippen LogP contribution < -0.4 is 5.73 Å². The van der Waals surface area contributed by atoms with Gasteiger partial charge in [-0.2, -0.15) is 0 Å². The molecule has 2 unspecified atom stereocenters. The Morgan fingerprint density at radius 1 is 1.24 bits per heavy atom. The summed E-state index contributed by atoms with van der Waals surface area (Å²) in [7, 11) is 1.75. The average molecular weight is 235 g/mol. The van der Waals surface area contributed by atoms with Gasteiger partial charge in [0, 0.05) is 13.2 Å². The molecule has 0 aliphatic heterocycles. The summed E-state index contributed by atoms with van der Waals surface area (Å²) in [6, 6.07) is 6.80. The normalized spacial score (nSPS) is 14.6. The van der Waals surface area contributed by atoms with E-state index in [2.05, 4.69) is 39.0 Å². The predicted molar refractivity (Wildman–Crippen MR) is 73.3 cm³/mol. The Hall–Kier alpha value is -0.860. The minimum absolute atomic E-state index is 0.230. The van der Waals surface area contributed by atoms with Crippen molar-refractivity contribution in [3.8, 4) is 0 Å². The quantitative estimate of drug-likeness (QED) is 0.822. The molecule has 0 amide bonds. The number of rotatable bonds is 6. The molecule has 0 bridgehead atoms. The highest BCUT2D eigenvalue weighted by Gasteiger charge is 2.09. The average Bonchev–Trinajstić information content (AvgIpc) is 2.30. The molecule has 0 saturated heterocycles. The van der Waals surface area contributed by atoms with E-state index in [9.17, 15) is 0 Å². The minimum Gasteiger partial charge on any atom is -0.382 e. The summed E-state index contributed by atoms with van der Waals surface area (Å²) in [5.41, 5.74) is 10.2. The maximum absolute atomic E-state index is 6.17. The molecule has 2 heteroatoms. The van der Waals surface area contributed by atoms with Crippen LogP contribution in [0.2, 0.25) is 0 Å². The number of hydrogen-bond donors (Lipinski definition) is 1. The van der Waals surface area contributed by atoms with Crippen molar-refractivity contribution in [3.63, 3.8) is 0 Å². The number of hydrogen-bond acceptors (Lipinski definition) is 2. The number of nitrogens with two attached hydrogens (primary N) is 1. The largest absolute Gasteiger partial charge is 0.382 e. The fourth-order valence-corrected chi connectivity index (χ4v) is 1.97. The van der Waals surface area contributed by atoms with E-state index in [0.29, 0.717) is 6.10 Å². The highest BCUT2D eigenvalue weighted by molar-refractivity contribution is 5.31. The summed E-state index contributed by atoms with van der Waals surface area (Å²) >= 11 is 0. The zero-order valence-corrected chi connectivity index (χ0v) is 11.5. The highest BCUT2D eigenvalue weighted by Crippen LogP contribution is 2.14. The van der Waals surface area contributed by atoms with E-state index in [-0.39, 0.29) is 6.04 Å². The smallest absolute Gasteiger partial charge is 0.0543 e. The molecule has 0 heterocycles. The van der Waals surface area contributed by atoms with Crippen LogP contribution in [0.5, 0.6) is 0 Å². The third-order valence-corrected chi connectivity index (χ3v) is 3.33. The lowest BCUT2D eigenvalue weighted by Gasteiger charge is -2.16. The van der Waals surface area contributed by atoms with E-state index in [1.54, 1.807) is 7.11 Å². The Morgan fingerprint density at radius 3 is 2.59 bits per heavy atom. The van der Waals surface area contributed by atoms with Gasteiger partial charge in [-0.05, 0) is 51.2 Å². The number of aryl methyl sites for hydroxylation is 2. The molecule has 17 heavy (non-hydrogen) atoms. The Kier molecular flexibility index (Phi) is 5.66. The number of ether oxygens (including phenoxy) is 1. The molecular weight excluding hydrogens is 210 g/mol. The molecule has 96 valence electrons. The molecule has 2 nitrogen and oxygen atoms in total. The van der Waals surface area contributed by atoms with Gasteiger partial charge in [0.05, 0.1) is 6.10 Å². The summed E-state index contributed by atoms with van der Waals surface area (Å²) in [6.45, 7) is 6.37.